The molecule has 2 aromatic carbocycles. The average Bonchev–Trinajstić information content (AvgIpc) is 2.68. The van der Waals surface area contributed by atoms with Gasteiger partial charge in [-0.25, -0.2) is 0 Å². The van der Waals surface area contributed by atoms with Crippen LogP contribution in [0, 0.1) is 0 Å². The number of ketones is 1. The van der Waals surface area contributed by atoms with Crippen LogP contribution >= 0.6 is 11.8 Å². The van der Waals surface area contributed by atoms with Gasteiger partial charge in [-0.3, -0.25) is 4.79 Å². The molecule has 26 heavy (non-hydrogen) atoms. The van der Waals surface area contributed by atoms with Gasteiger partial charge in [0.15, 0.2) is 12.6 Å². The minimum Gasteiger partial charge on any atom is -0.497 e. The minimum absolute atomic E-state index is 0.0769. The van der Waals surface area contributed by atoms with E-state index in [9.17, 15) is 4.79 Å². The molecule has 1 heterocycles. The smallest absolute Gasteiger partial charge is 0.188 e. The first-order valence-corrected chi connectivity index (χ1v) is 9.18. The van der Waals surface area contributed by atoms with Crippen molar-refractivity contribution in [1.29, 1.82) is 0 Å². The lowest BCUT2D eigenvalue weighted by Gasteiger charge is -2.34. The summed E-state index contributed by atoms with van der Waals surface area (Å²) in [4.78, 5) is 14.2. The average molecular weight is 374 g/mol. The molecule has 0 bridgehead atoms. The van der Waals surface area contributed by atoms with Gasteiger partial charge >= 0.3 is 0 Å². The van der Waals surface area contributed by atoms with E-state index in [0.717, 1.165) is 10.5 Å². The molecule has 5 nitrogen and oxygen atoms in total. The quantitative estimate of drug-likeness (QED) is 0.714. The second-order valence-corrected chi connectivity index (χ2v) is 7.24. The van der Waals surface area contributed by atoms with Crippen LogP contribution in [0.5, 0.6) is 17.2 Å². The minimum atomic E-state index is -0.676. The molecule has 1 aliphatic rings. The normalized spacial score (nSPS) is 19.0. The molecule has 1 atom stereocenters. The van der Waals surface area contributed by atoms with E-state index < -0.39 is 5.41 Å². The lowest BCUT2D eigenvalue weighted by molar-refractivity contribution is 0.0509. The topological polar surface area (TPSA) is 54.0 Å². The first-order valence-electron chi connectivity index (χ1n) is 8.19. The van der Waals surface area contributed by atoms with Crippen LogP contribution in [0.15, 0.2) is 41.3 Å². The molecule has 0 saturated carbocycles. The number of hydrogen-bond donors (Lipinski definition) is 0. The number of Topliss-reactive ketones (excluding diaryl/α,β-unsaturated/α-hetero) is 1. The second kappa shape index (κ2) is 7.60. The largest absolute Gasteiger partial charge is 0.497 e. The molecule has 0 spiro atoms. The van der Waals surface area contributed by atoms with Gasteiger partial charge in [0, 0.05) is 35.0 Å². The fourth-order valence-corrected chi connectivity index (χ4v) is 4.31. The van der Waals surface area contributed by atoms with Gasteiger partial charge in [0.2, 0.25) is 0 Å². The van der Waals surface area contributed by atoms with E-state index >= 15 is 0 Å². The van der Waals surface area contributed by atoms with E-state index in [1.54, 1.807) is 39.2 Å². The molecule has 0 amide bonds. The van der Waals surface area contributed by atoms with Gasteiger partial charge in [0.1, 0.15) is 17.2 Å². The molecule has 0 fully saturated rings. The third kappa shape index (κ3) is 3.27. The van der Waals surface area contributed by atoms with Crippen molar-refractivity contribution in [2.75, 3.05) is 33.9 Å². The zero-order valence-electron chi connectivity index (χ0n) is 15.3. The Labute approximate surface area is 157 Å². The SMILES string of the molecule is COCOc1ccc2c(c1)SCC(C)(c1ccc(OC)cc1OC)C2=O. The number of ether oxygens (including phenoxy) is 4. The predicted octanol–water partition coefficient (Wildman–Crippen LogP) is 3.93. The molecule has 0 aromatic heterocycles. The Morgan fingerprint density at radius 3 is 2.50 bits per heavy atom. The highest BCUT2D eigenvalue weighted by Crippen LogP contribution is 2.46. The maximum atomic E-state index is 13.3. The van der Waals surface area contributed by atoms with Gasteiger partial charge in [-0.2, -0.15) is 0 Å². The van der Waals surface area contributed by atoms with Crippen molar-refractivity contribution in [3.05, 3.63) is 47.5 Å². The van der Waals surface area contributed by atoms with E-state index in [4.69, 9.17) is 18.9 Å². The van der Waals surface area contributed by atoms with Crippen LogP contribution in [0.4, 0.5) is 0 Å². The van der Waals surface area contributed by atoms with E-state index in [2.05, 4.69) is 0 Å². The van der Waals surface area contributed by atoms with Crippen molar-refractivity contribution in [1.82, 2.24) is 0 Å². The van der Waals surface area contributed by atoms with E-state index in [1.807, 2.05) is 37.3 Å². The molecule has 6 heteroatoms. The summed E-state index contributed by atoms with van der Waals surface area (Å²) < 4.78 is 21.2. The predicted molar refractivity (Wildman–Crippen MR) is 101 cm³/mol. The number of methoxy groups -OCH3 is 3. The van der Waals surface area contributed by atoms with Crippen molar-refractivity contribution in [3.63, 3.8) is 0 Å². The molecule has 0 aliphatic carbocycles. The van der Waals surface area contributed by atoms with Gasteiger partial charge < -0.3 is 18.9 Å². The Morgan fingerprint density at radius 1 is 1.04 bits per heavy atom. The van der Waals surface area contributed by atoms with Gasteiger partial charge in [-0.05, 0) is 31.2 Å². The van der Waals surface area contributed by atoms with Crippen molar-refractivity contribution in [3.8, 4) is 17.2 Å². The summed E-state index contributed by atoms with van der Waals surface area (Å²) in [7, 11) is 4.79. The maximum absolute atomic E-state index is 13.3. The Bertz CT molecular complexity index is 820. The summed E-state index contributed by atoms with van der Waals surface area (Å²) in [5.41, 5.74) is 0.888. The standard InChI is InChI=1S/C20H22O5S/c1-20(16-8-6-13(23-3)9-17(16)24-4)11-26-18-10-14(25-12-22-2)5-7-15(18)19(20)21/h5-10H,11-12H2,1-4H3. The van der Waals surface area contributed by atoms with E-state index in [0.29, 0.717) is 28.6 Å². The number of rotatable bonds is 6. The van der Waals surface area contributed by atoms with E-state index in [-0.39, 0.29) is 12.6 Å². The Hall–Kier alpha value is -2.18. The highest BCUT2D eigenvalue weighted by molar-refractivity contribution is 7.99. The zero-order valence-corrected chi connectivity index (χ0v) is 16.1. The summed E-state index contributed by atoms with van der Waals surface area (Å²) in [6.07, 6.45) is 0. The lowest BCUT2D eigenvalue weighted by atomic mass is 9.77. The van der Waals surface area contributed by atoms with Crippen LogP contribution in [0.1, 0.15) is 22.8 Å². The third-order valence-electron chi connectivity index (χ3n) is 4.56. The van der Waals surface area contributed by atoms with Gasteiger partial charge in [0.25, 0.3) is 0 Å². The number of carbonyl (C=O) groups excluding carboxylic acids is 1. The molecule has 1 aliphatic heterocycles. The van der Waals surface area contributed by atoms with E-state index in [1.165, 1.54) is 0 Å². The van der Waals surface area contributed by atoms with Gasteiger partial charge in [-0.1, -0.05) is 6.07 Å². The van der Waals surface area contributed by atoms with Crippen LogP contribution in [0.25, 0.3) is 0 Å². The number of carbonyl (C=O) groups is 1. The molecule has 1 unspecified atom stereocenters. The fraction of sp³-hybridized carbons (Fsp3) is 0.350. The fourth-order valence-electron chi connectivity index (χ4n) is 3.07. The third-order valence-corrected chi connectivity index (χ3v) is 5.93. The van der Waals surface area contributed by atoms with Gasteiger partial charge in [-0.15, -0.1) is 11.8 Å². The summed E-state index contributed by atoms with van der Waals surface area (Å²) in [6.45, 7) is 2.14. The Balaban J connectivity index is 1.97. The molecular weight excluding hydrogens is 352 g/mol. The highest BCUT2D eigenvalue weighted by Gasteiger charge is 2.42. The van der Waals surface area contributed by atoms with Crippen molar-refractivity contribution >= 4 is 17.5 Å². The first-order chi connectivity index (χ1) is 12.5. The number of hydrogen-bond acceptors (Lipinski definition) is 6. The van der Waals surface area contributed by atoms with Crippen LogP contribution in [0.2, 0.25) is 0 Å². The molecule has 0 N–H and O–H groups in total. The second-order valence-electron chi connectivity index (χ2n) is 6.22. The Kier molecular flexibility index (Phi) is 5.44. The molecule has 0 saturated heterocycles. The highest BCUT2D eigenvalue weighted by atomic mass is 32.2. The summed E-state index contributed by atoms with van der Waals surface area (Å²) in [6, 6.07) is 11.1. The lowest BCUT2D eigenvalue weighted by Crippen LogP contribution is -2.38. The van der Waals surface area contributed by atoms with Crippen molar-refractivity contribution in [2.24, 2.45) is 0 Å². The van der Waals surface area contributed by atoms with Crippen LogP contribution < -0.4 is 14.2 Å². The molecule has 0 radical (unpaired) electrons. The van der Waals surface area contributed by atoms with Crippen molar-refractivity contribution < 1.29 is 23.7 Å². The molecule has 3 rings (SSSR count). The van der Waals surface area contributed by atoms with Crippen LogP contribution in [-0.4, -0.2) is 39.7 Å². The molecular formula is C20H22O5S. The maximum Gasteiger partial charge on any atom is 0.188 e. The number of benzene rings is 2. The van der Waals surface area contributed by atoms with Gasteiger partial charge in [0.05, 0.1) is 19.6 Å². The molecule has 2 aromatic rings. The summed E-state index contributed by atoms with van der Waals surface area (Å²) >= 11 is 1.64. The van der Waals surface area contributed by atoms with Crippen LogP contribution in [0.3, 0.4) is 0 Å². The Morgan fingerprint density at radius 2 is 1.81 bits per heavy atom. The summed E-state index contributed by atoms with van der Waals surface area (Å²) in [5, 5.41) is 0. The van der Waals surface area contributed by atoms with Crippen LogP contribution in [-0.2, 0) is 10.2 Å². The number of thioether (sulfide) groups is 1. The monoisotopic (exact) mass is 374 g/mol. The molecule has 138 valence electrons. The zero-order chi connectivity index (χ0) is 18.7. The van der Waals surface area contributed by atoms with Crippen molar-refractivity contribution in [2.45, 2.75) is 17.2 Å². The summed E-state index contributed by atoms with van der Waals surface area (Å²) in [5.74, 6) is 2.74. The first kappa shape index (κ1) is 18.6. The number of fused-ring (bicyclic) bond motifs is 1.